The maximum Gasteiger partial charge on any atom is 0.408 e. The summed E-state index contributed by atoms with van der Waals surface area (Å²) >= 11 is 5.95. The van der Waals surface area contributed by atoms with Crippen molar-refractivity contribution in [1.82, 2.24) is 15.1 Å². The first-order chi connectivity index (χ1) is 14.8. The van der Waals surface area contributed by atoms with Crippen LogP contribution in [0.5, 0.6) is 0 Å². The van der Waals surface area contributed by atoms with E-state index in [-0.39, 0.29) is 29.7 Å². The Kier molecular flexibility index (Phi) is 8.57. The van der Waals surface area contributed by atoms with Gasteiger partial charge in [-0.15, -0.1) is 0 Å². The molecule has 2 rings (SSSR count). The lowest BCUT2D eigenvalue weighted by atomic mass is 9.96. The summed E-state index contributed by atoms with van der Waals surface area (Å²) in [6, 6.07) is 6.02. The lowest BCUT2D eigenvalue weighted by molar-refractivity contribution is -0.137. The van der Waals surface area contributed by atoms with Gasteiger partial charge in [0.05, 0.1) is 6.04 Å². The van der Waals surface area contributed by atoms with E-state index in [2.05, 4.69) is 5.32 Å². The van der Waals surface area contributed by atoms with E-state index in [4.69, 9.17) is 16.3 Å². The average Bonchev–Trinajstić information content (AvgIpc) is 2.69. The van der Waals surface area contributed by atoms with Gasteiger partial charge in [0, 0.05) is 30.2 Å². The first-order valence-corrected chi connectivity index (χ1v) is 11.5. The van der Waals surface area contributed by atoms with Gasteiger partial charge in [-0.2, -0.15) is 0 Å². The molecular formula is C24H36ClN3O4. The minimum atomic E-state index is -0.698. The molecule has 32 heavy (non-hydrogen) atoms. The Balaban J connectivity index is 2.14. The fraction of sp³-hybridized carbons (Fsp3) is 0.625. The Hall–Kier alpha value is -2.28. The molecule has 2 atom stereocenters. The first kappa shape index (κ1) is 26.0. The number of nitrogens with one attached hydrogen (secondary N) is 1. The van der Waals surface area contributed by atoms with Gasteiger partial charge >= 0.3 is 6.09 Å². The van der Waals surface area contributed by atoms with Crippen LogP contribution >= 0.6 is 11.6 Å². The predicted molar refractivity (Wildman–Crippen MR) is 126 cm³/mol. The second kappa shape index (κ2) is 10.6. The predicted octanol–water partition coefficient (Wildman–Crippen LogP) is 4.20. The fourth-order valence-electron chi connectivity index (χ4n) is 3.74. The molecule has 3 amide bonds. The second-order valence-electron chi connectivity index (χ2n) is 9.97. The van der Waals surface area contributed by atoms with E-state index in [1.54, 1.807) is 49.9 Å². The summed E-state index contributed by atoms with van der Waals surface area (Å²) in [6.45, 7) is 14.4. The molecule has 0 spiro atoms. The quantitative estimate of drug-likeness (QED) is 0.706. The van der Waals surface area contributed by atoms with Crippen molar-refractivity contribution in [3.05, 3.63) is 34.9 Å². The Morgan fingerprint density at radius 3 is 2.16 bits per heavy atom. The number of carbonyl (C=O) groups is 3. The Morgan fingerprint density at radius 2 is 1.66 bits per heavy atom. The van der Waals surface area contributed by atoms with Crippen molar-refractivity contribution in [3.8, 4) is 0 Å². The maximum absolute atomic E-state index is 13.3. The van der Waals surface area contributed by atoms with Gasteiger partial charge in [0.1, 0.15) is 11.6 Å². The highest BCUT2D eigenvalue weighted by atomic mass is 35.5. The summed E-state index contributed by atoms with van der Waals surface area (Å²) in [5.74, 6) is -0.186. The molecule has 1 fully saturated rings. The highest BCUT2D eigenvalue weighted by molar-refractivity contribution is 6.30. The van der Waals surface area contributed by atoms with Crippen LogP contribution in [0.3, 0.4) is 0 Å². The zero-order valence-electron chi connectivity index (χ0n) is 20.1. The lowest BCUT2D eigenvalue weighted by Crippen LogP contribution is -2.61. The molecule has 7 nitrogen and oxygen atoms in total. The third-order valence-electron chi connectivity index (χ3n) is 5.46. The smallest absolute Gasteiger partial charge is 0.408 e. The molecule has 1 N–H and O–H groups in total. The van der Waals surface area contributed by atoms with Gasteiger partial charge in [0.2, 0.25) is 5.91 Å². The number of piperazine rings is 1. The van der Waals surface area contributed by atoms with Crippen LogP contribution in [0, 0.1) is 11.8 Å². The zero-order valence-corrected chi connectivity index (χ0v) is 20.9. The van der Waals surface area contributed by atoms with Crippen molar-refractivity contribution in [2.75, 3.05) is 19.6 Å². The third-order valence-corrected chi connectivity index (χ3v) is 5.71. The number of rotatable bonds is 5. The third kappa shape index (κ3) is 6.86. The zero-order chi connectivity index (χ0) is 24.2. The molecule has 1 saturated heterocycles. The first-order valence-electron chi connectivity index (χ1n) is 11.1. The number of nitrogens with zero attached hydrogens (tertiary/aromatic N) is 2. The number of amides is 3. The number of carbonyl (C=O) groups excluding carboxylic acids is 3. The SMILES string of the molecule is CC(C)[C@H](NC(=O)OC(C)(C)C)C(=O)N1CCN(C(=O)c2ccc(Cl)cc2)[C@@H](C(C)C)C1. The van der Waals surface area contributed by atoms with Crippen LogP contribution in [0.2, 0.25) is 5.02 Å². The summed E-state index contributed by atoms with van der Waals surface area (Å²) in [6.07, 6.45) is -0.610. The second-order valence-corrected chi connectivity index (χ2v) is 10.4. The van der Waals surface area contributed by atoms with Crippen molar-refractivity contribution in [1.29, 1.82) is 0 Å². The van der Waals surface area contributed by atoms with Crippen LogP contribution in [0.4, 0.5) is 4.79 Å². The number of alkyl carbamates (subject to hydrolysis) is 1. The van der Waals surface area contributed by atoms with Crippen LogP contribution < -0.4 is 5.32 Å². The largest absolute Gasteiger partial charge is 0.444 e. The molecule has 0 aliphatic carbocycles. The molecule has 1 aromatic rings. The molecule has 1 aliphatic rings. The molecule has 0 aromatic heterocycles. The van der Waals surface area contributed by atoms with Gasteiger partial charge in [0.25, 0.3) is 5.91 Å². The van der Waals surface area contributed by atoms with Crippen LogP contribution in [0.15, 0.2) is 24.3 Å². The molecule has 0 radical (unpaired) electrons. The highest BCUT2D eigenvalue weighted by Crippen LogP contribution is 2.22. The molecule has 178 valence electrons. The summed E-state index contributed by atoms with van der Waals surface area (Å²) in [5.41, 5.74) is -0.0723. The average molecular weight is 466 g/mol. The summed E-state index contributed by atoms with van der Waals surface area (Å²) < 4.78 is 5.34. The molecule has 0 bridgehead atoms. The Bertz CT molecular complexity index is 818. The number of benzene rings is 1. The fourth-order valence-corrected chi connectivity index (χ4v) is 3.86. The minimum absolute atomic E-state index is 0.0697. The van der Waals surface area contributed by atoms with E-state index in [9.17, 15) is 14.4 Å². The van der Waals surface area contributed by atoms with Crippen LogP contribution in [-0.2, 0) is 9.53 Å². The lowest BCUT2D eigenvalue weighted by Gasteiger charge is -2.44. The Morgan fingerprint density at radius 1 is 1.06 bits per heavy atom. The van der Waals surface area contributed by atoms with Crippen LogP contribution in [0.25, 0.3) is 0 Å². The number of halogens is 1. The van der Waals surface area contributed by atoms with Crippen LogP contribution in [-0.4, -0.2) is 65.0 Å². The van der Waals surface area contributed by atoms with E-state index in [1.807, 2.05) is 32.6 Å². The van der Waals surface area contributed by atoms with Gasteiger partial charge in [-0.3, -0.25) is 9.59 Å². The van der Waals surface area contributed by atoms with Gasteiger partial charge in [-0.25, -0.2) is 4.79 Å². The molecule has 0 unspecified atom stereocenters. The van der Waals surface area contributed by atoms with Gasteiger partial charge in [-0.1, -0.05) is 39.3 Å². The summed E-state index contributed by atoms with van der Waals surface area (Å²) in [7, 11) is 0. The topological polar surface area (TPSA) is 79.0 Å². The highest BCUT2D eigenvalue weighted by Gasteiger charge is 2.38. The van der Waals surface area contributed by atoms with Gasteiger partial charge < -0.3 is 19.9 Å². The van der Waals surface area contributed by atoms with E-state index in [0.717, 1.165) is 0 Å². The van der Waals surface area contributed by atoms with E-state index >= 15 is 0 Å². The molecule has 1 heterocycles. The minimum Gasteiger partial charge on any atom is -0.444 e. The standard InChI is InChI=1S/C24H36ClN3O4/c1-15(2)19-14-27(12-13-28(19)21(29)17-8-10-18(25)11-9-17)22(30)20(16(3)4)26-23(31)32-24(5,6)7/h8-11,15-16,19-20H,12-14H2,1-7H3,(H,26,31)/t19-,20+/m1/s1. The van der Waals surface area contributed by atoms with Crippen molar-refractivity contribution < 1.29 is 19.1 Å². The monoisotopic (exact) mass is 465 g/mol. The van der Waals surface area contributed by atoms with Crippen molar-refractivity contribution in [2.45, 2.75) is 66.2 Å². The normalized spacial score (nSPS) is 18.0. The maximum atomic E-state index is 13.3. The molecular weight excluding hydrogens is 430 g/mol. The molecule has 1 aliphatic heterocycles. The van der Waals surface area contributed by atoms with Crippen molar-refractivity contribution >= 4 is 29.5 Å². The van der Waals surface area contributed by atoms with E-state index in [0.29, 0.717) is 30.2 Å². The van der Waals surface area contributed by atoms with Crippen molar-refractivity contribution in [3.63, 3.8) is 0 Å². The molecule has 8 heteroatoms. The molecule has 1 aromatic carbocycles. The molecule has 0 saturated carbocycles. The van der Waals surface area contributed by atoms with E-state index in [1.165, 1.54) is 0 Å². The number of hydrogen-bond acceptors (Lipinski definition) is 4. The van der Waals surface area contributed by atoms with E-state index < -0.39 is 17.7 Å². The van der Waals surface area contributed by atoms with Gasteiger partial charge in [-0.05, 0) is 56.9 Å². The van der Waals surface area contributed by atoms with Crippen LogP contribution in [0.1, 0.15) is 58.8 Å². The summed E-state index contributed by atoms with van der Waals surface area (Å²) in [4.78, 5) is 42.3. The van der Waals surface area contributed by atoms with Gasteiger partial charge in [0.15, 0.2) is 0 Å². The Labute approximate surface area is 196 Å². The van der Waals surface area contributed by atoms with Crippen molar-refractivity contribution in [2.24, 2.45) is 11.8 Å². The number of hydrogen-bond donors (Lipinski definition) is 1. The summed E-state index contributed by atoms with van der Waals surface area (Å²) in [5, 5.41) is 3.31. The number of ether oxygens (including phenoxy) is 1.